The molecule has 0 aromatic heterocycles. The van der Waals surface area contributed by atoms with Crippen molar-refractivity contribution in [3.8, 4) is 0 Å². The molecule has 2 fully saturated rings. The van der Waals surface area contributed by atoms with Crippen LogP contribution in [0.3, 0.4) is 0 Å². The molecule has 1 unspecified atom stereocenters. The van der Waals surface area contributed by atoms with Crippen LogP contribution in [-0.4, -0.2) is 41.5 Å². The van der Waals surface area contributed by atoms with Gasteiger partial charge in [-0.1, -0.05) is 0 Å². The Morgan fingerprint density at radius 3 is 2.20 bits per heavy atom. The van der Waals surface area contributed by atoms with E-state index in [0.29, 0.717) is 12.0 Å². The highest BCUT2D eigenvalue weighted by Crippen LogP contribution is 2.41. The summed E-state index contributed by atoms with van der Waals surface area (Å²) in [5.74, 6) is 1.08. The summed E-state index contributed by atoms with van der Waals surface area (Å²) in [7, 11) is 0. The van der Waals surface area contributed by atoms with Gasteiger partial charge in [0, 0.05) is 25.2 Å². The predicted molar refractivity (Wildman–Crippen MR) is 82.4 cm³/mol. The fourth-order valence-electron chi connectivity index (χ4n) is 3.14. The van der Waals surface area contributed by atoms with Crippen molar-refractivity contribution < 1.29 is 4.79 Å². The molecular formula is C16H31N3O. The van der Waals surface area contributed by atoms with Gasteiger partial charge in [0.1, 0.15) is 5.54 Å². The topological polar surface area (TPSA) is 58.4 Å². The highest BCUT2D eigenvalue weighted by molar-refractivity contribution is 5.86. The molecular weight excluding hydrogens is 250 g/mol. The van der Waals surface area contributed by atoms with Gasteiger partial charge in [-0.25, -0.2) is 0 Å². The Bertz CT molecular complexity index is 348. The third kappa shape index (κ3) is 3.73. The minimum atomic E-state index is -0.534. The van der Waals surface area contributed by atoms with E-state index in [4.69, 9.17) is 5.73 Å². The van der Waals surface area contributed by atoms with Gasteiger partial charge in [0.05, 0.1) is 0 Å². The van der Waals surface area contributed by atoms with E-state index >= 15 is 0 Å². The molecule has 4 heteroatoms. The molecule has 1 amide bonds. The molecule has 2 aliphatic rings. The molecule has 0 aromatic rings. The first-order valence-corrected chi connectivity index (χ1v) is 8.16. The van der Waals surface area contributed by atoms with Crippen LogP contribution in [0.4, 0.5) is 0 Å². The Balaban J connectivity index is 2.13. The van der Waals surface area contributed by atoms with Gasteiger partial charge in [0.15, 0.2) is 0 Å². The molecule has 0 bridgehead atoms. The Labute approximate surface area is 123 Å². The summed E-state index contributed by atoms with van der Waals surface area (Å²) in [4.78, 5) is 14.7. The largest absolute Gasteiger partial charge is 0.368 e. The van der Waals surface area contributed by atoms with E-state index in [1.807, 2.05) is 0 Å². The summed E-state index contributed by atoms with van der Waals surface area (Å²) < 4.78 is 0. The van der Waals surface area contributed by atoms with Crippen LogP contribution in [0.15, 0.2) is 0 Å². The zero-order valence-corrected chi connectivity index (χ0v) is 13.5. The van der Waals surface area contributed by atoms with Crippen molar-refractivity contribution in [2.24, 2.45) is 17.6 Å². The molecule has 4 nitrogen and oxygen atoms in total. The first kappa shape index (κ1) is 15.8. The molecule has 116 valence electrons. The van der Waals surface area contributed by atoms with E-state index < -0.39 is 5.54 Å². The fourth-order valence-corrected chi connectivity index (χ4v) is 3.14. The minimum Gasteiger partial charge on any atom is -0.368 e. The Hall–Kier alpha value is -0.610. The monoisotopic (exact) mass is 281 g/mol. The normalized spacial score (nSPS) is 22.6. The average molecular weight is 281 g/mol. The lowest BCUT2D eigenvalue weighted by molar-refractivity contribution is -0.127. The Kier molecular flexibility index (Phi) is 4.75. The third-order valence-electron chi connectivity index (χ3n) is 4.63. The van der Waals surface area contributed by atoms with Gasteiger partial charge < -0.3 is 5.73 Å². The van der Waals surface area contributed by atoms with Gasteiger partial charge >= 0.3 is 0 Å². The van der Waals surface area contributed by atoms with Crippen molar-refractivity contribution in [3.63, 3.8) is 0 Å². The van der Waals surface area contributed by atoms with E-state index in [1.165, 1.54) is 12.8 Å². The number of carbonyl (C=O) groups excluding carboxylic acids is 1. The number of nitrogens with one attached hydrogen (secondary N) is 1. The molecule has 2 aliphatic carbocycles. The van der Waals surface area contributed by atoms with Crippen LogP contribution in [0.1, 0.15) is 53.4 Å². The maximum absolute atomic E-state index is 12.2. The Morgan fingerprint density at radius 1 is 1.25 bits per heavy atom. The third-order valence-corrected chi connectivity index (χ3v) is 4.63. The SMILES string of the molecule is CC(C)NC(CN(CC1CC1)C(C)C)(C(N)=O)C1CC1. The maximum atomic E-state index is 12.2. The van der Waals surface area contributed by atoms with E-state index in [9.17, 15) is 4.79 Å². The van der Waals surface area contributed by atoms with E-state index in [2.05, 4.69) is 37.9 Å². The molecule has 0 aromatic carbocycles. The van der Waals surface area contributed by atoms with Crippen LogP contribution in [-0.2, 0) is 4.79 Å². The number of nitrogens with zero attached hydrogens (tertiary/aromatic N) is 1. The molecule has 1 atom stereocenters. The molecule has 0 aliphatic heterocycles. The fraction of sp³-hybridized carbons (Fsp3) is 0.938. The number of nitrogens with two attached hydrogens (primary N) is 1. The van der Waals surface area contributed by atoms with Crippen molar-refractivity contribution >= 4 is 5.91 Å². The molecule has 2 saturated carbocycles. The Morgan fingerprint density at radius 2 is 1.85 bits per heavy atom. The second-order valence-corrected chi connectivity index (χ2v) is 7.38. The molecule has 3 N–H and O–H groups in total. The minimum absolute atomic E-state index is 0.171. The predicted octanol–water partition coefficient (Wildman–Crippen LogP) is 1.74. The van der Waals surface area contributed by atoms with Crippen LogP contribution < -0.4 is 11.1 Å². The van der Waals surface area contributed by atoms with E-state index in [1.54, 1.807) is 0 Å². The standard InChI is InChI=1S/C16H31N3O/c1-11(2)18-16(15(17)20,14-7-8-14)10-19(12(3)4)9-13-5-6-13/h11-14,18H,5-10H2,1-4H3,(H2,17,20). The zero-order valence-electron chi connectivity index (χ0n) is 13.5. The molecule has 0 heterocycles. The summed E-state index contributed by atoms with van der Waals surface area (Å²) in [5.41, 5.74) is 5.29. The summed E-state index contributed by atoms with van der Waals surface area (Å²) in [5, 5.41) is 3.52. The van der Waals surface area contributed by atoms with Crippen molar-refractivity contribution in [1.29, 1.82) is 0 Å². The number of carbonyl (C=O) groups is 1. The van der Waals surface area contributed by atoms with Gasteiger partial charge in [-0.15, -0.1) is 0 Å². The lowest BCUT2D eigenvalue weighted by Gasteiger charge is -2.40. The molecule has 0 spiro atoms. The highest BCUT2D eigenvalue weighted by Gasteiger charge is 2.51. The first-order chi connectivity index (χ1) is 9.35. The average Bonchev–Trinajstić information content (AvgIpc) is 3.19. The maximum Gasteiger partial charge on any atom is 0.239 e. The van der Waals surface area contributed by atoms with E-state index in [-0.39, 0.29) is 11.9 Å². The van der Waals surface area contributed by atoms with Gasteiger partial charge in [0.25, 0.3) is 0 Å². The van der Waals surface area contributed by atoms with Crippen molar-refractivity contribution in [3.05, 3.63) is 0 Å². The van der Waals surface area contributed by atoms with Crippen LogP contribution in [0, 0.1) is 11.8 Å². The van der Waals surface area contributed by atoms with Crippen molar-refractivity contribution in [2.45, 2.75) is 71.0 Å². The number of hydrogen-bond acceptors (Lipinski definition) is 3. The van der Waals surface area contributed by atoms with Gasteiger partial charge in [-0.2, -0.15) is 0 Å². The second kappa shape index (κ2) is 6.02. The highest BCUT2D eigenvalue weighted by atomic mass is 16.1. The van der Waals surface area contributed by atoms with Crippen LogP contribution in [0.5, 0.6) is 0 Å². The van der Waals surface area contributed by atoms with Gasteiger partial charge in [-0.3, -0.25) is 15.0 Å². The van der Waals surface area contributed by atoms with Crippen LogP contribution >= 0.6 is 0 Å². The van der Waals surface area contributed by atoms with Gasteiger partial charge in [0.2, 0.25) is 5.91 Å². The van der Waals surface area contributed by atoms with E-state index in [0.717, 1.165) is 31.8 Å². The zero-order chi connectivity index (χ0) is 14.9. The van der Waals surface area contributed by atoms with Crippen LogP contribution in [0.25, 0.3) is 0 Å². The van der Waals surface area contributed by atoms with Crippen molar-refractivity contribution in [1.82, 2.24) is 10.2 Å². The van der Waals surface area contributed by atoms with Crippen molar-refractivity contribution in [2.75, 3.05) is 13.1 Å². The molecule has 0 radical (unpaired) electrons. The lowest BCUT2D eigenvalue weighted by Crippen LogP contribution is -2.65. The summed E-state index contributed by atoms with van der Waals surface area (Å²) in [6.07, 6.45) is 4.93. The lowest BCUT2D eigenvalue weighted by atomic mass is 9.89. The molecule has 2 rings (SSSR count). The summed E-state index contributed by atoms with van der Waals surface area (Å²) in [6, 6.07) is 0.736. The number of rotatable bonds is 9. The summed E-state index contributed by atoms with van der Waals surface area (Å²) in [6.45, 7) is 10.5. The molecule has 0 saturated heterocycles. The second-order valence-electron chi connectivity index (χ2n) is 7.38. The van der Waals surface area contributed by atoms with Crippen LogP contribution in [0.2, 0.25) is 0 Å². The summed E-state index contributed by atoms with van der Waals surface area (Å²) >= 11 is 0. The van der Waals surface area contributed by atoms with Gasteiger partial charge in [-0.05, 0) is 65.2 Å². The number of primary amides is 1. The number of amides is 1. The smallest absolute Gasteiger partial charge is 0.239 e. The quantitative estimate of drug-likeness (QED) is 0.677. The number of hydrogen-bond donors (Lipinski definition) is 2. The molecule has 20 heavy (non-hydrogen) atoms. The first-order valence-electron chi connectivity index (χ1n) is 8.16.